The van der Waals surface area contributed by atoms with Gasteiger partial charge in [0.1, 0.15) is 12.4 Å². The Hall–Kier alpha value is -2.28. The van der Waals surface area contributed by atoms with Crippen LogP contribution in [0.15, 0.2) is 24.3 Å². The standard InChI is InChI=1S/C11H14N2O5/c12-10(15)7-18-9-3-1-2-8(6-9)13-11(16)17-5-4-14/h1-3,6,14H,4-5,7H2,(H2,12,15)(H,13,16). The van der Waals surface area contributed by atoms with Gasteiger partial charge in [-0.15, -0.1) is 0 Å². The van der Waals surface area contributed by atoms with Gasteiger partial charge in [0, 0.05) is 11.8 Å². The summed E-state index contributed by atoms with van der Waals surface area (Å²) in [4.78, 5) is 21.7. The average Bonchev–Trinajstić information content (AvgIpc) is 2.34. The molecule has 7 heteroatoms. The number of carbonyl (C=O) groups excluding carboxylic acids is 2. The number of hydrogen-bond donors (Lipinski definition) is 3. The Labute approximate surface area is 103 Å². The molecule has 0 heterocycles. The maximum Gasteiger partial charge on any atom is 0.411 e. The summed E-state index contributed by atoms with van der Waals surface area (Å²) in [5.74, 6) is -0.190. The molecule has 7 nitrogen and oxygen atoms in total. The normalized spacial score (nSPS) is 9.61. The van der Waals surface area contributed by atoms with Crippen molar-refractivity contribution in [3.63, 3.8) is 0 Å². The molecule has 0 aromatic heterocycles. The Morgan fingerprint density at radius 1 is 1.39 bits per heavy atom. The smallest absolute Gasteiger partial charge is 0.411 e. The van der Waals surface area contributed by atoms with Crippen LogP contribution in [0.1, 0.15) is 0 Å². The minimum absolute atomic E-state index is 0.0797. The van der Waals surface area contributed by atoms with Gasteiger partial charge in [-0.25, -0.2) is 4.79 Å². The number of primary amides is 1. The molecule has 2 amide bonds. The van der Waals surface area contributed by atoms with Crippen molar-refractivity contribution >= 4 is 17.7 Å². The third-order valence-electron chi connectivity index (χ3n) is 1.79. The second-order valence-electron chi connectivity index (χ2n) is 3.27. The first-order valence-corrected chi connectivity index (χ1v) is 5.17. The highest BCUT2D eigenvalue weighted by Crippen LogP contribution is 2.17. The largest absolute Gasteiger partial charge is 0.484 e. The first-order valence-electron chi connectivity index (χ1n) is 5.17. The molecule has 0 fully saturated rings. The summed E-state index contributed by atoms with van der Waals surface area (Å²) >= 11 is 0. The van der Waals surface area contributed by atoms with E-state index >= 15 is 0 Å². The van der Waals surface area contributed by atoms with Gasteiger partial charge < -0.3 is 20.3 Å². The molecular weight excluding hydrogens is 240 g/mol. The lowest BCUT2D eigenvalue weighted by molar-refractivity contribution is -0.119. The van der Waals surface area contributed by atoms with Crippen molar-refractivity contribution in [1.29, 1.82) is 0 Å². The van der Waals surface area contributed by atoms with E-state index in [1.54, 1.807) is 18.2 Å². The molecule has 0 aliphatic rings. The summed E-state index contributed by atoms with van der Waals surface area (Å²) < 4.78 is 9.68. The van der Waals surface area contributed by atoms with Crippen LogP contribution < -0.4 is 15.8 Å². The predicted molar refractivity (Wildman–Crippen MR) is 63.2 cm³/mol. The van der Waals surface area contributed by atoms with Crippen LogP contribution in [0.3, 0.4) is 0 Å². The Morgan fingerprint density at radius 3 is 2.83 bits per heavy atom. The minimum Gasteiger partial charge on any atom is -0.484 e. The molecule has 0 aliphatic heterocycles. The predicted octanol–water partition coefficient (Wildman–Crippen LogP) is 0.0915. The van der Waals surface area contributed by atoms with E-state index in [4.69, 9.17) is 15.6 Å². The zero-order chi connectivity index (χ0) is 13.4. The van der Waals surface area contributed by atoms with Gasteiger partial charge in [-0.05, 0) is 12.1 Å². The highest BCUT2D eigenvalue weighted by atomic mass is 16.6. The fourth-order valence-corrected chi connectivity index (χ4v) is 1.11. The average molecular weight is 254 g/mol. The molecular formula is C11H14N2O5. The fourth-order valence-electron chi connectivity index (χ4n) is 1.11. The molecule has 0 saturated carbocycles. The highest BCUT2D eigenvalue weighted by Gasteiger charge is 2.04. The lowest BCUT2D eigenvalue weighted by Crippen LogP contribution is -2.20. The number of aliphatic hydroxyl groups is 1. The highest BCUT2D eigenvalue weighted by molar-refractivity contribution is 5.84. The van der Waals surface area contributed by atoms with E-state index in [1.165, 1.54) is 6.07 Å². The lowest BCUT2D eigenvalue weighted by Gasteiger charge is -2.08. The van der Waals surface area contributed by atoms with Crippen molar-refractivity contribution in [2.24, 2.45) is 5.73 Å². The molecule has 4 N–H and O–H groups in total. The minimum atomic E-state index is -0.684. The number of amides is 2. The van der Waals surface area contributed by atoms with Gasteiger partial charge in [0.05, 0.1) is 6.61 Å². The van der Waals surface area contributed by atoms with Crippen LogP contribution in [0.4, 0.5) is 10.5 Å². The van der Waals surface area contributed by atoms with E-state index in [0.29, 0.717) is 11.4 Å². The van der Waals surface area contributed by atoms with Gasteiger partial charge in [-0.2, -0.15) is 0 Å². The van der Waals surface area contributed by atoms with Crippen molar-refractivity contribution in [3.05, 3.63) is 24.3 Å². The number of aliphatic hydroxyl groups excluding tert-OH is 1. The third kappa shape index (κ3) is 5.17. The number of ether oxygens (including phenoxy) is 2. The molecule has 0 atom stereocenters. The Bertz CT molecular complexity index is 422. The Kier molecular flexibility index (Phi) is 5.46. The second-order valence-corrected chi connectivity index (χ2v) is 3.27. The van der Waals surface area contributed by atoms with Crippen LogP contribution in [-0.2, 0) is 9.53 Å². The quantitative estimate of drug-likeness (QED) is 0.666. The molecule has 0 spiro atoms. The summed E-state index contributed by atoms with van der Waals surface area (Å²) in [6, 6.07) is 6.39. The van der Waals surface area contributed by atoms with E-state index in [-0.39, 0.29) is 19.8 Å². The third-order valence-corrected chi connectivity index (χ3v) is 1.79. The Balaban J connectivity index is 2.53. The van der Waals surface area contributed by atoms with Gasteiger partial charge in [-0.3, -0.25) is 10.1 Å². The number of benzene rings is 1. The van der Waals surface area contributed by atoms with Crippen LogP contribution >= 0.6 is 0 Å². The molecule has 0 radical (unpaired) electrons. The number of nitrogens with one attached hydrogen (secondary N) is 1. The van der Waals surface area contributed by atoms with E-state index in [2.05, 4.69) is 10.1 Å². The molecule has 0 aliphatic carbocycles. The van der Waals surface area contributed by atoms with Gasteiger partial charge in [0.25, 0.3) is 5.91 Å². The second kappa shape index (κ2) is 7.13. The number of anilines is 1. The summed E-state index contributed by atoms with van der Waals surface area (Å²) in [7, 11) is 0. The molecule has 98 valence electrons. The number of carbonyl (C=O) groups is 2. The maximum atomic E-state index is 11.2. The van der Waals surface area contributed by atoms with Crippen LogP contribution in [0, 0.1) is 0 Å². The van der Waals surface area contributed by atoms with Gasteiger partial charge in [0.2, 0.25) is 0 Å². The first-order chi connectivity index (χ1) is 8.61. The first kappa shape index (κ1) is 13.8. The maximum absolute atomic E-state index is 11.2. The summed E-state index contributed by atoms with van der Waals surface area (Å²) in [5, 5.41) is 10.9. The molecule has 0 bridgehead atoms. The molecule has 1 rings (SSSR count). The summed E-state index contributed by atoms with van der Waals surface area (Å²) in [6.07, 6.45) is -0.684. The van der Waals surface area contributed by atoms with Gasteiger partial charge in [0.15, 0.2) is 6.61 Å². The van der Waals surface area contributed by atoms with Crippen LogP contribution in [0.2, 0.25) is 0 Å². The monoisotopic (exact) mass is 254 g/mol. The molecule has 1 aromatic rings. The SMILES string of the molecule is NC(=O)COc1cccc(NC(=O)OCCO)c1. The van der Waals surface area contributed by atoms with Crippen LogP contribution in [0.5, 0.6) is 5.75 Å². The van der Waals surface area contributed by atoms with Gasteiger partial charge >= 0.3 is 6.09 Å². The number of nitrogens with two attached hydrogens (primary N) is 1. The van der Waals surface area contributed by atoms with Crippen molar-refractivity contribution in [2.45, 2.75) is 0 Å². The molecule has 0 unspecified atom stereocenters. The van der Waals surface area contributed by atoms with Crippen LogP contribution in [0.25, 0.3) is 0 Å². The molecule has 18 heavy (non-hydrogen) atoms. The van der Waals surface area contributed by atoms with E-state index < -0.39 is 12.0 Å². The van der Waals surface area contributed by atoms with Crippen molar-refractivity contribution < 1.29 is 24.2 Å². The summed E-state index contributed by atoms with van der Waals surface area (Å²) in [5.41, 5.74) is 5.38. The molecule has 1 aromatic carbocycles. The molecule has 0 saturated heterocycles. The van der Waals surface area contributed by atoms with E-state index in [1.807, 2.05) is 0 Å². The van der Waals surface area contributed by atoms with E-state index in [9.17, 15) is 9.59 Å². The lowest BCUT2D eigenvalue weighted by atomic mass is 10.3. The zero-order valence-electron chi connectivity index (χ0n) is 9.59. The van der Waals surface area contributed by atoms with Crippen molar-refractivity contribution in [2.75, 3.05) is 25.1 Å². The van der Waals surface area contributed by atoms with E-state index in [0.717, 1.165) is 0 Å². The topological polar surface area (TPSA) is 111 Å². The van der Waals surface area contributed by atoms with Crippen LogP contribution in [-0.4, -0.2) is 36.9 Å². The number of hydrogen-bond acceptors (Lipinski definition) is 5. The van der Waals surface area contributed by atoms with Crippen molar-refractivity contribution in [1.82, 2.24) is 0 Å². The van der Waals surface area contributed by atoms with Gasteiger partial charge in [-0.1, -0.05) is 6.07 Å². The summed E-state index contributed by atoms with van der Waals surface area (Å²) in [6.45, 7) is -0.558. The Morgan fingerprint density at radius 2 is 2.17 bits per heavy atom. The number of rotatable bonds is 6. The fraction of sp³-hybridized carbons (Fsp3) is 0.273. The van der Waals surface area contributed by atoms with Crippen molar-refractivity contribution in [3.8, 4) is 5.75 Å². The zero-order valence-corrected chi connectivity index (χ0v) is 9.59.